The maximum Gasteiger partial charge on any atom is 0.303 e. The first kappa shape index (κ1) is 22.0. The molecule has 1 aromatic carbocycles. The number of fused-ring (bicyclic) bond motifs is 1. The van der Waals surface area contributed by atoms with Gasteiger partial charge in [-0.3, -0.25) is 4.79 Å². The Kier molecular flexibility index (Phi) is 8.28. The van der Waals surface area contributed by atoms with Gasteiger partial charge in [0.2, 0.25) is 0 Å². The van der Waals surface area contributed by atoms with Crippen molar-refractivity contribution < 1.29 is 24.9 Å². The van der Waals surface area contributed by atoms with Gasteiger partial charge in [0.25, 0.3) is 0 Å². The van der Waals surface area contributed by atoms with Crippen LogP contribution in [0.4, 0.5) is 0 Å². The van der Waals surface area contributed by atoms with Crippen LogP contribution in [0.15, 0.2) is 42.5 Å². The minimum absolute atomic E-state index is 0.0177. The standard InChI is InChI=1S/C24H34O5/c25-19(11-9-17-5-2-1-3-6-17)12-14-20-21-13-10-18(7-4-8-24(27)28)16-29-23(21)15-22(20)26/h1-3,5-6,12,14,18-23,25-26H,4,7-11,13,15-16H2,(H,27,28)/t18-,19-,20+,21+,22+,23-/m0/s1. The Morgan fingerprint density at radius 1 is 1.24 bits per heavy atom. The molecule has 160 valence electrons. The van der Waals surface area contributed by atoms with Crippen LogP contribution in [-0.4, -0.2) is 46.2 Å². The van der Waals surface area contributed by atoms with Crippen molar-refractivity contribution in [1.82, 2.24) is 0 Å². The average molecular weight is 403 g/mol. The number of aliphatic carboxylic acids is 1. The highest BCUT2D eigenvalue weighted by Crippen LogP contribution is 2.42. The van der Waals surface area contributed by atoms with E-state index in [4.69, 9.17) is 9.84 Å². The molecule has 1 aromatic rings. The van der Waals surface area contributed by atoms with Gasteiger partial charge < -0.3 is 20.1 Å². The molecule has 1 saturated heterocycles. The van der Waals surface area contributed by atoms with Crippen LogP contribution < -0.4 is 0 Å². The van der Waals surface area contributed by atoms with Crippen molar-refractivity contribution in [3.05, 3.63) is 48.0 Å². The zero-order chi connectivity index (χ0) is 20.6. The van der Waals surface area contributed by atoms with Crippen molar-refractivity contribution in [1.29, 1.82) is 0 Å². The van der Waals surface area contributed by atoms with Crippen molar-refractivity contribution in [2.45, 2.75) is 69.7 Å². The van der Waals surface area contributed by atoms with Crippen molar-refractivity contribution >= 4 is 5.97 Å². The van der Waals surface area contributed by atoms with Gasteiger partial charge in [-0.05, 0) is 55.9 Å². The molecule has 1 saturated carbocycles. The van der Waals surface area contributed by atoms with Crippen LogP contribution in [0, 0.1) is 17.8 Å². The topological polar surface area (TPSA) is 87.0 Å². The normalized spacial score (nSPS) is 30.8. The maximum atomic E-state index is 10.7. The van der Waals surface area contributed by atoms with Gasteiger partial charge in [0.15, 0.2) is 0 Å². The van der Waals surface area contributed by atoms with Crippen LogP contribution in [0.1, 0.15) is 50.5 Å². The second-order valence-electron chi connectivity index (χ2n) is 8.62. The molecule has 0 bridgehead atoms. The summed E-state index contributed by atoms with van der Waals surface area (Å²) in [5.41, 5.74) is 1.21. The van der Waals surface area contributed by atoms with Gasteiger partial charge in [0, 0.05) is 25.4 Å². The Hall–Kier alpha value is -1.69. The molecule has 0 spiro atoms. The second kappa shape index (κ2) is 10.9. The van der Waals surface area contributed by atoms with E-state index in [0.717, 1.165) is 25.7 Å². The summed E-state index contributed by atoms with van der Waals surface area (Å²) in [6.45, 7) is 0.656. The number of aliphatic hydroxyl groups excluding tert-OH is 2. The molecule has 29 heavy (non-hydrogen) atoms. The third-order valence-corrected chi connectivity index (χ3v) is 6.47. The fourth-order valence-corrected chi connectivity index (χ4v) is 4.80. The molecular formula is C24H34O5. The summed E-state index contributed by atoms with van der Waals surface area (Å²) in [6, 6.07) is 10.1. The molecule has 1 aliphatic carbocycles. The lowest BCUT2D eigenvalue weighted by atomic mass is 9.86. The number of carboxylic acid groups (broad SMARTS) is 1. The number of carboxylic acids is 1. The molecule has 3 N–H and O–H groups in total. The quantitative estimate of drug-likeness (QED) is 0.550. The highest BCUT2D eigenvalue weighted by atomic mass is 16.5. The van der Waals surface area contributed by atoms with Gasteiger partial charge in [-0.25, -0.2) is 0 Å². The Balaban J connectivity index is 1.49. The number of hydrogen-bond donors (Lipinski definition) is 3. The Labute approximate surface area is 173 Å². The van der Waals surface area contributed by atoms with Crippen molar-refractivity contribution in [3.63, 3.8) is 0 Å². The average Bonchev–Trinajstić information content (AvgIpc) is 2.87. The highest BCUT2D eigenvalue weighted by molar-refractivity contribution is 5.66. The predicted molar refractivity (Wildman–Crippen MR) is 111 cm³/mol. The summed E-state index contributed by atoms with van der Waals surface area (Å²) < 4.78 is 6.11. The first-order valence-electron chi connectivity index (χ1n) is 10.9. The molecule has 0 aromatic heterocycles. The highest BCUT2D eigenvalue weighted by Gasteiger charge is 2.43. The summed E-state index contributed by atoms with van der Waals surface area (Å²) in [6.07, 6.45) is 8.87. The van der Waals surface area contributed by atoms with Crippen molar-refractivity contribution in [2.24, 2.45) is 17.8 Å². The van der Waals surface area contributed by atoms with E-state index in [0.29, 0.717) is 31.8 Å². The van der Waals surface area contributed by atoms with Crippen molar-refractivity contribution in [2.75, 3.05) is 6.61 Å². The Bertz CT molecular complexity index is 658. The number of benzene rings is 1. The summed E-state index contributed by atoms with van der Waals surface area (Å²) >= 11 is 0. The molecule has 0 radical (unpaired) electrons. The van der Waals surface area contributed by atoms with E-state index in [1.165, 1.54) is 5.56 Å². The van der Waals surface area contributed by atoms with E-state index in [1.54, 1.807) is 0 Å². The first-order valence-corrected chi connectivity index (χ1v) is 10.9. The van der Waals surface area contributed by atoms with Gasteiger partial charge in [-0.1, -0.05) is 42.5 Å². The predicted octanol–water partition coefficient (Wildman–Crippen LogP) is 3.58. The summed E-state index contributed by atoms with van der Waals surface area (Å²) in [5, 5.41) is 29.7. The first-order chi connectivity index (χ1) is 14.0. The summed E-state index contributed by atoms with van der Waals surface area (Å²) in [5.74, 6) is -0.0510. The van der Waals surface area contributed by atoms with Crippen LogP contribution in [0.2, 0.25) is 0 Å². The Morgan fingerprint density at radius 2 is 2.03 bits per heavy atom. The number of hydrogen-bond acceptors (Lipinski definition) is 4. The lowest BCUT2D eigenvalue weighted by Crippen LogP contribution is -2.21. The van der Waals surface area contributed by atoms with Crippen molar-refractivity contribution in [3.8, 4) is 0 Å². The monoisotopic (exact) mass is 402 g/mol. The van der Waals surface area contributed by atoms with Crippen LogP contribution >= 0.6 is 0 Å². The molecule has 5 nitrogen and oxygen atoms in total. The van der Waals surface area contributed by atoms with Crippen LogP contribution in [0.3, 0.4) is 0 Å². The number of ether oxygens (including phenoxy) is 1. The molecule has 2 aliphatic rings. The molecule has 5 heteroatoms. The number of aliphatic hydroxyl groups is 2. The van der Waals surface area contributed by atoms with E-state index in [-0.39, 0.29) is 24.4 Å². The fraction of sp³-hybridized carbons (Fsp3) is 0.625. The van der Waals surface area contributed by atoms with E-state index >= 15 is 0 Å². The third kappa shape index (κ3) is 6.66. The molecule has 0 unspecified atom stereocenters. The molecule has 0 amide bonds. The van der Waals surface area contributed by atoms with E-state index in [9.17, 15) is 15.0 Å². The lowest BCUT2D eigenvalue weighted by molar-refractivity contribution is -0.137. The largest absolute Gasteiger partial charge is 0.481 e. The van der Waals surface area contributed by atoms with Crippen LogP contribution in [0.25, 0.3) is 0 Å². The number of rotatable bonds is 9. The third-order valence-electron chi connectivity index (χ3n) is 6.47. The number of carbonyl (C=O) groups is 1. The number of aryl methyl sites for hydroxylation is 1. The minimum atomic E-state index is -0.740. The summed E-state index contributed by atoms with van der Waals surface area (Å²) in [4.78, 5) is 10.7. The smallest absolute Gasteiger partial charge is 0.303 e. The maximum absolute atomic E-state index is 10.7. The fourth-order valence-electron chi connectivity index (χ4n) is 4.80. The van der Waals surface area contributed by atoms with E-state index < -0.39 is 18.2 Å². The molecule has 2 fully saturated rings. The molecular weight excluding hydrogens is 368 g/mol. The second-order valence-corrected chi connectivity index (χ2v) is 8.62. The zero-order valence-electron chi connectivity index (χ0n) is 17.0. The molecule has 6 atom stereocenters. The minimum Gasteiger partial charge on any atom is -0.481 e. The van der Waals surface area contributed by atoms with Gasteiger partial charge >= 0.3 is 5.97 Å². The van der Waals surface area contributed by atoms with Gasteiger partial charge in [0.05, 0.1) is 18.3 Å². The van der Waals surface area contributed by atoms with E-state index in [1.807, 2.05) is 30.4 Å². The van der Waals surface area contributed by atoms with Crippen LogP contribution in [-0.2, 0) is 16.0 Å². The van der Waals surface area contributed by atoms with Gasteiger partial charge in [0.1, 0.15) is 0 Å². The van der Waals surface area contributed by atoms with Crippen LogP contribution in [0.5, 0.6) is 0 Å². The SMILES string of the molecule is O=C(O)CCC[C@H]1CC[C@@H]2[C@@H](C=C[C@@H](O)CCc3ccccc3)[C@H](O)C[C@@H]2OC1. The van der Waals surface area contributed by atoms with Gasteiger partial charge in [-0.15, -0.1) is 0 Å². The van der Waals surface area contributed by atoms with E-state index in [2.05, 4.69) is 12.1 Å². The Morgan fingerprint density at radius 3 is 2.79 bits per heavy atom. The molecule has 3 rings (SSSR count). The lowest BCUT2D eigenvalue weighted by Gasteiger charge is -2.21. The van der Waals surface area contributed by atoms with Gasteiger partial charge in [-0.2, -0.15) is 0 Å². The summed E-state index contributed by atoms with van der Waals surface area (Å²) in [7, 11) is 0. The zero-order valence-corrected chi connectivity index (χ0v) is 17.0. The molecule has 1 heterocycles. The molecule has 1 aliphatic heterocycles.